The van der Waals surface area contributed by atoms with Gasteiger partial charge in [-0.3, -0.25) is 24.3 Å². The van der Waals surface area contributed by atoms with Crippen molar-refractivity contribution in [3.63, 3.8) is 0 Å². The van der Waals surface area contributed by atoms with Gasteiger partial charge in [-0.15, -0.1) is 0 Å². The standard InChI is InChI=1S/C29H31N3O3/c1-35-25-14-12-22(13-15-25)21-32-27(33)20-26(29(32)34)30-16-18-31(19-17-30)28(23-8-4-2-5-9-23)24-10-6-3-7-11-24/h2-15,26,28H,16-21H2,1H3/t26-/m0/s1. The van der Waals surface area contributed by atoms with Gasteiger partial charge in [-0.25, -0.2) is 0 Å². The van der Waals surface area contributed by atoms with E-state index in [1.54, 1.807) is 7.11 Å². The maximum absolute atomic E-state index is 13.2. The molecule has 2 aliphatic rings. The first-order valence-corrected chi connectivity index (χ1v) is 12.2. The summed E-state index contributed by atoms with van der Waals surface area (Å²) in [5.41, 5.74) is 3.46. The van der Waals surface area contributed by atoms with Crippen molar-refractivity contribution in [1.82, 2.24) is 14.7 Å². The number of ether oxygens (including phenoxy) is 1. The first kappa shape index (κ1) is 23.3. The average molecular weight is 470 g/mol. The van der Waals surface area contributed by atoms with E-state index in [1.165, 1.54) is 16.0 Å². The van der Waals surface area contributed by atoms with Crippen LogP contribution in [0.1, 0.15) is 29.2 Å². The lowest BCUT2D eigenvalue weighted by Gasteiger charge is -2.41. The predicted molar refractivity (Wildman–Crippen MR) is 135 cm³/mol. The third-order valence-electron chi connectivity index (χ3n) is 7.11. The van der Waals surface area contributed by atoms with Gasteiger partial charge >= 0.3 is 0 Å². The molecule has 0 saturated carbocycles. The predicted octanol–water partition coefficient (Wildman–Crippen LogP) is 3.73. The molecule has 6 nitrogen and oxygen atoms in total. The molecule has 0 aromatic heterocycles. The van der Waals surface area contributed by atoms with Crippen LogP contribution in [-0.4, -0.2) is 65.8 Å². The number of nitrogens with zero attached hydrogens (tertiary/aromatic N) is 3. The Hall–Kier alpha value is -3.48. The number of carbonyl (C=O) groups is 2. The highest BCUT2D eigenvalue weighted by molar-refractivity contribution is 6.05. The minimum absolute atomic E-state index is 0.0815. The summed E-state index contributed by atoms with van der Waals surface area (Å²) in [6.07, 6.45) is 0.260. The summed E-state index contributed by atoms with van der Waals surface area (Å²) < 4.78 is 5.20. The Labute approximate surface area is 206 Å². The number of hydrogen-bond acceptors (Lipinski definition) is 5. The van der Waals surface area contributed by atoms with Gasteiger partial charge in [0.15, 0.2) is 0 Å². The second kappa shape index (κ2) is 10.4. The normalized spacial score (nSPS) is 19.5. The molecule has 6 heteroatoms. The van der Waals surface area contributed by atoms with E-state index in [2.05, 4.69) is 58.3 Å². The lowest BCUT2D eigenvalue weighted by Crippen LogP contribution is -2.53. The molecule has 3 aromatic rings. The van der Waals surface area contributed by atoms with Gasteiger partial charge in [0.25, 0.3) is 0 Å². The Morgan fingerprint density at radius 1 is 0.800 bits per heavy atom. The molecule has 5 rings (SSSR count). The second-order valence-corrected chi connectivity index (χ2v) is 9.18. The molecule has 2 saturated heterocycles. The third-order valence-corrected chi connectivity index (χ3v) is 7.11. The number of carbonyl (C=O) groups excluding carboxylic acids is 2. The zero-order valence-electron chi connectivity index (χ0n) is 20.0. The zero-order chi connectivity index (χ0) is 24.2. The van der Waals surface area contributed by atoms with Gasteiger partial charge in [-0.1, -0.05) is 72.8 Å². The van der Waals surface area contributed by atoms with E-state index in [9.17, 15) is 9.59 Å². The van der Waals surface area contributed by atoms with Gasteiger partial charge in [0.05, 0.1) is 32.2 Å². The van der Waals surface area contributed by atoms with Crippen LogP contribution in [0.4, 0.5) is 0 Å². The fraction of sp³-hybridized carbons (Fsp3) is 0.310. The molecule has 35 heavy (non-hydrogen) atoms. The summed E-state index contributed by atoms with van der Waals surface area (Å²) in [6.45, 7) is 3.50. The first-order valence-electron chi connectivity index (χ1n) is 12.2. The minimum Gasteiger partial charge on any atom is -0.497 e. The molecular weight excluding hydrogens is 438 g/mol. The van der Waals surface area contributed by atoms with E-state index in [1.807, 2.05) is 36.4 Å². The number of likely N-dealkylation sites (tertiary alicyclic amines) is 1. The molecule has 2 amide bonds. The molecule has 2 heterocycles. The quantitative estimate of drug-likeness (QED) is 0.494. The van der Waals surface area contributed by atoms with Crippen LogP contribution >= 0.6 is 0 Å². The highest BCUT2D eigenvalue weighted by Gasteiger charge is 2.43. The van der Waals surface area contributed by atoms with Crippen molar-refractivity contribution in [2.45, 2.75) is 25.0 Å². The summed E-state index contributed by atoms with van der Waals surface area (Å²) >= 11 is 0. The van der Waals surface area contributed by atoms with Crippen molar-refractivity contribution in [2.24, 2.45) is 0 Å². The lowest BCUT2D eigenvalue weighted by atomic mass is 9.96. The van der Waals surface area contributed by atoms with Crippen LogP contribution in [0.25, 0.3) is 0 Å². The van der Waals surface area contributed by atoms with E-state index in [4.69, 9.17) is 4.74 Å². The van der Waals surface area contributed by atoms with Crippen LogP contribution in [0.2, 0.25) is 0 Å². The van der Waals surface area contributed by atoms with Crippen LogP contribution in [0.5, 0.6) is 5.75 Å². The molecular formula is C29H31N3O3. The Balaban J connectivity index is 1.25. The molecule has 0 aliphatic carbocycles. The fourth-order valence-electron chi connectivity index (χ4n) is 5.22. The fourth-order valence-corrected chi connectivity index (χ4v) is 5.22. The number of benzene rings is 3. The van der Waals surface area contributed by atoms with Crippen molar-refractivity contribution >= 4 is 11.8 Å². The molecule has 1 atom stereocenters. The van der Waals surface area contributed by atoms with Crippen molar-refractivity contribution in [1.29, 1.82) is 0 Å². The van der Waals surface area contributed by atoms with Crippen molar-refractivity contribution in [3.8, 4) is 5.75 Å². The second-order valence-electron chi connectivity index (χ2n) is 9.18. The maximum atomic E-state index is 13.2. The average Bonchev–Trinajstić information content (AvgIpc) is 3.19. The summed E-state index contributed by atoms with van der Waals surface area (Å²) in [5.74, 6) is 0.583. The highest BCUT2D eigenvalue weighted by Crippen LogP contribution is 2.31. The summed E-state index contributed by atoms with van der Waals surface area (Å²) in [5, 5.41) is 0. The number of amides is 2. The van der Waals surface area contributed by atoms with Crippen LogP contribution in [0.3, 0.4) is 0 Å². The van der Waals surface area contributed by atoms with Crippen LogP contribution in [0.15, 0.2) is 84.9 Å². The van der Waals surface area contributed by atoms with Gasteiger partial charge in [-0.05, 0) is 28.8 Å². The monoisotopic (exact) mass is 469 g/mol. The van der Waals surface area contributed by atoms with E-state index in [-0.39, 0.29) is 30.3 Å². The molecule has 180 valence electrons. The van der Waals surface area contributed by atoms with Crippen LogP contribution in [0, 0.1) is 0 Å². The Kier molecular flexibility index (Phi) is 6.93. The van der Waals surface area contributed by atoms with E-state index in [0.717, 1.165) is 37.5 Å². The zero-order valence-corrected chi connectivity index (χ0v) is 20.0. The van der Waals surface area contributed by atoms with E-state index < -0.39 is 0 Å². The number of methoxy groups -OCH3 is 1. The van der Waals surface area contributed by atoms with Crippen molar-refractivity contribution in [2.75, 3.05) is 33.3 Å². The topological polar surface area (TPSA) is 53.1 Å². The molecule has 0 bridgehead atoms. The SMILES string of the molecule is COc1ccc(CN2C(=O)C[C@H](N3CCN(C(c4ccccc4)c4ccccc4)CC3)C2=O)cc1. The molecule has 3 aromatic carbocycles. The van der Waals surface area contributed by atoms with Crippen LogP contribution < -0.4 is 4.74 Å². The number of rotatable bonds is 7. The van der Waals surface area contributed by atoms with Gasteiger partial charge < -0.3 is 4.74 Å². The number of imide groups is 1. The largest absolute Gasteiger partial charge is 0.497 e. The Morgan fingerprint density at radius 2 is 1.37 bits per heavy atom. The summed E-state index contributed by atoms with van der Waals surface area (Å²) in [4.78, 5) is 32.1. The van der Waals surface area contributed by atoms with Crippen molar-refractivity contribution < 1.29 is 14.3 Å². The lowest BCUT2D eigenvalue weighted by molar-refractivity contribution is -0.140. The van der Waals surface area contributed by atoms with Gasteiger partial charge in [-0.2, -0.15) is 0 Å². The Morgan fingerprint density at radius 3 is 1.91 bits per heavy atom. The molecule has 0 radical (unpaired) electrons. The smallest absolute Gasteiger partial charge is 0.247 e. The maximum Gasteiger partial charge on any atom is 0.247 e. The van der Waals surface area contributed by atoms with Gasteiger partial charge in [0, 0.05) is 26.2 Å². The number of piperazine rings is 1. The van der Waals surface area contributed by atoms with Gasteiger partial charge in [0.2, 0.25) is 11.8 Å². The highest BCUT2D eigenvalue weighted by atomic mass is 16.5. The third kappa shape index (κ3) is 4.99. The molecule has 2 aliphatic heterocycles. The minimum atomic E-state index is -0.366. The molecule has 0 spiro atoms. The Bertz CT molecular complexity index is 1100. The molecule has 0 unspecified atom stereocenters. The van der Waals surface area contributed by atoms with Crippen molar-refractivity contribution in [3.05, 3.63) is 102 Å². The van der Waals surface area contributed by atoms with Crippen LogP contribution in [-0.2, 0) is 16.1 Å². The molecule has 2 fully saturated rings. The summed E-state index contributed by atoms with van der Waals surface area (Å²) in [6, 6.07) is 28.5. The molecule has 0 N–H and O–H groups in total. The van der Waals surface area contributed by atoms with E-state index >= 15 is 0 Å². The summed E-state index contributed by atoms with van der Waals surface area (Å²) in [7, 11) is 1.62. The number of hydrogen-bond donors (Lipinski definition) is 0. The van der Waals surface area contributed by atoms with E-state index in [0.29, 0.717) is 6.54 Å². The van der Waals surface area contributed by atoms with Gasteiger partial charge in [0.1, 0.15) is 5.75 Å². The first-order chi connectivity index (χ1) is 17.1.